The molecule has 2 aliphatic rings. The lowest BCUT2D eigenvalue weighted by atomic mass is 10.0. The van der Waals surface area contributed by atoms with Crippen LogP contribution in [-0.4, -0.2) is 37.2 Å². The third-order valence-electron chi connectivity index (χ3n) is 4.06. The second kappa shape index (κ2) is 4.56. The Hall–Kier alpha value is -1.06. The number of nitrogens with one attached hydrogen (secondary N) is 1. The monoisotopic (exact) mass is 246 g/mol. The smallest absolute Gasteiger partial charge is 0.120 e. The molecule has 0 aliphatic carbocycles. The van der Waals surface area contributed by atoms with Gasteiger partial charge in [-0.1, -0.05) is 6.07 Å². The van der Waals surface area contributed by atoms with E-state index in [1.807, 2.05) is 0 Å². The van der Waals surface area contributed by atoms with Gasteiger partial charge in [0, 0.05) is 26.1 Å². The number of nitrogens with zero attached hydrogens (tertiary/aromatic N) is 1. The average molecular weight is 246 g/mol. The molecular formula is C15H22N2O. The largest absolute Gasteiger partial charge is 0.486 e. The fourth-order valence-corrected chi connectivity index (χ4v) is 3.04. The number of fused-ring (bicyclic) bond motifs is 1. The van der Waals surface area contributed by atoms with Gasteiger partial charge >= 0.3 is 0 Å². The summed E-state index contributed by atoms with van der Waals surface area (Å²) in [5.74, 6) is 1.02. The maximum Gasteiger partial charge on any atom is 0.120 e. The summed E-state index contributed by atoms with van der Waals surface area (Å²) in [6.45, 7) is 6.43. The molecule has 3 heteroatoms. The lowest BCUT2D eigenvalue weighted by Gasteiger charge is -2.27. The van der Waals surface area contributed by atoms with Crippen LogP contribution < -0.4 is 10.1 Å². The molecule has 2 heterocycles. The zero-order chi connectivity index (χ0) is 12.6. The van der Waals surface area contributed by atoms with Crippen LogP contribution >= 0.6 is 0 Å². The van der Waals surface area contributed by atoms with Gasteiger partial charge in [0.15, 0.2) is 0 Å². The van der Waals surface area contributed by atoms with Gasteiger partial charge in [0.05, 0.1) is 0 Å². The molecule has 18 heavy (non-hydrogen) atoms. The SMILES string of the molecule is CN1CCC(C)(Oc2ccc3c(c2)CNCC3)C1. The first-order valence-corrected chi connectivity index (χ1v) is 6.85. The number of hydrogen-bond acceptors (Lipinski definition) is 3. The second-order valence-corrected chi connectivity index (χ2v) is 5.90. The van der Waals surface area contributed by atoms with E-state index in [1.165, 1.54) is 11.1 Å². The predicted molar refractivity (Wildman–Crippen MR) is 73.0 cm³/mol. The van der Waals surface area contributed by atoms with Crippen LogP contribution in [0.4, 0.5) is 0 Å². The van der Waals surface area contributed by atoms with Gasteiger partial charge in [0.2, 0.25) is 0 Å². The predicted octanol–water partition coefficient (Wildman–Crippen LogP) is 1.81. The van der Waals surface area contributed by atoms with Crippen LogP contribution in [0.2, 0.25) is 0 Å². The molecule has 1 saturated heterocycles. The highest BCUT2D eigenvalue weighted by Gasteiger charge is 2.34. The van der Waals surface area contributed by atoms with Crippen molar-refractivity contribution in [3.63, 3.8) is 0 Å². The van der Waals surface area contributed by atoms with E-state index in [-0.39, 0.29) is 5.60 Å². The topological polar surface area (TPSA) is 24.5 Å². The van der Waals surface area contributed by atoms with Crippen LogP contribution in [0.5, 0.6) is 5.75 Å². The van der Waals surface area contributed by atoms with Crippen molar-refractivity contribution in [2.24, 2.45) is 0 Å². The van der Waals surface area contributed by atoms with Gasteiger partial charge in [-0.25, -0.2) is 0 Å². The molecule has 1 atom stereocenters. The number of ether oxygens (including phenoxy) is 1. The highest BCUT2D eigenvalue weighted by atomic mass is 16.5. The Morgan fingerprint density at radius 2 is 2.22 bits per heavy atom. The van der Waals surface area contributed by atoms with Gasteiger partial charge in [0.1, 0.15) is 11.4 Å². The Morgan fingerprint density at radius 1 is 1.33 bits per heavy atom. The molecule has 1 aromatic carbocycles. The summed E-state index contributed by atoms with van der Waals surface area (Å²) in [5.41, 5.74) is 2.84. The van der Waals surface area contributed by atoms with Gasteiger partial charge in [0.25, 0.3) is 0 Å². The fraction of sp³-hybridized carbons (Fsp3) is 0.600. The van der Waals surface area contributed by atoms with Crippen LogP contribution in [0.25, 0.3) is 0 Å². The van der Waals surface area contributed by atoms with Crippen molar-refractivity contribution >= 4 is 0 Å². The summed E-state index contributed by atoms with van der Waals surface area (Å²) in [6.07, 6.45) is 2.24. The van der Waals surface area contributed by atoms with E-state index < -0.39 is 0 Å². The van der Waals surface area contributed by atoms with Crippen LogP contribution in [0.1, 0.15) is 24.5 Å². The first kappa shape index (κ1) is 12.0. The highest BCUT2D eigenvalue weighted by Crippen LogP contribution is 2.28. The first-order chi connectivity index (χ1) is 8.65. The number of rotatable bonds is 2. The van der Waals surface area contributed by atoms with Crippen LogP contribution in [-0.2, 0) is 13.0 Å². The first-order valence-electron chi connectivity index (χ1n) is 6.85. The Morgan fingerprint density at radius 3 is 3.00 bits per heavy atom. The summed E-state index contributed by atoms with van der Waals surface area (Å²) in [7, 11) is 2.16. The quantitative estimate of drug-likeness (QED) is 0.861. The molecule has 3 nitrogen and oxygen atoms in total. The maximum absolute atomic E-state index is 6.23. The fourth-order valence-electron chi connectivity index (χ4n) is 3.04. The van der Waals surface area contributed by atoms with Gasteiger partial charge in [-0.3, -0.25) is 0 Å². The van der Waals surface area contributed by atoms with E-state index >= 15 is 0 Å². The summed E-state index contributed by atoms with van der Waals surface area (Å²) in [4.78, 5) is 2.33. The molecule has 3 rings (SSSR count). The molecule has 0 saturated carbocycles. The summed E-state index contributed by atoms with van der Waals surface area (Å²) < 4.78 is 6.23. The normalized spacial score (nSPS) is 28.1. The van der Waals surface area contributed by atoms with Gasteiger partial charge < -0.3 is 15.0 Å². The van der Waals surface area contributed by atoms with E-state index in [0.29, 0.717) is 0 Å². The van der Waals surface area contributed by atoms with E-state index in [2.05, 4.69) is 42.4 Å². The Bertz CT molecular complexity index is 446. The van der Waals surface area contributed by atoms with Crippen LogP contribution in [0, 0.1) is 0 Å². The molecule has 0 aromatic heterocycles. The molecule has 1 N–H and O–H groups in total. The van der Waals surface area contributed by atoms with E-state index in [0.717, 1.165) is 44.8 Å². The molecule has 0 spiro atoms. The van der Waals surface area contributed by atoms with Crippen molar-refractivity contribution in [1.29, 1.82) is 0 Å². The lowest BCUT2D eigenvalue weighted by molar-refractivity contribution is 0.0996. The van der Waals surface area contributed by atoms with Crippen molar-refractivity contribution in [3.05, 3.63) is 29.3 Å². The van der Waals surface area contributed by atoms with Crippen molar-refractivity contribution < 1.29 is 4.74 Å². The summed E-state index contributed by atoms with van der Waals surface area (Å²) >= 11 is 0. The second-order valence-electron chi connectivity index (χ2n) is 5.90. The third kappa shape index (κ3) is 2.38. The van der Waals surface area contributed by atoms with E-state index in [9.17, 15) is 0 Å². The minimum atomic E-state index is -0.0227. The lowest BCUT2D eigenvalue weighted by Crippen LogP contribution is -2.35. The molecule has 98 valence electrons. The molecule has 1 aromatic rings. The van der Waals surface area contributed by atoms with Crippen LogP contribution in [0.3, 0.4) is 0 Å². The standard InChI is InChI=1S/C15H22N2O/c1-15(6-8-17(2)11-15)18-14-4-3-12-5-7-16-10-13(12)9-14/h3-4,9,16H,5-8,10-11H2,1-2H3. The van der Waals surface area contributed by atoms with Gasteiger partial charge in [-0.05, 0) is 50.2 Å². The van der Waals surface area contributed by atoms with E-state index in [4.69, 9.17) is 4.74 Å². The highest BCUT2D eigenvalue weighted by molar-refractivity contribution is 5.37. The summed E-state index contributed by atoms with van der Waals surface area (Å²) in [5, 5.41) is 3.41. The Labute approximate surface area is 109 Å². The van der Waals surface area contributed by atoms with Gasteiger partial charge in [-0.15, -0.1) is 0 Å². The van der Waals surface area contributed by atoms with Crippen molar-refractivity contribution in [1.82, 2.24) is 10.2 Å². The minimum absolute atomic E-state index is 0.0227. The van der Waals surface area contributed by atoms with Crippen molar-refractivity contribution in [2.45, 2.75) is 31.9 Å². The molecular weight excluding hydrogens is 224 g/mol. The summed E-state index contributed by atoms with van der Waals surface area (Å²) in [6, 6.07) is 6.58. The molecule has 0 bridgehead atoms. The zero-order valence-electron chi connectivity index (χ0n) is 11.3. The van der Waals surface area contributed by atoms with Crippen molar-refractivity contribution in [2.75, 3.05) is 26.7 Å². The van der Waals surface area contributed by atoms with Crippen LogP contribution in [0.15, 0.2) is 18.2 Å². The number of likely N-dealkylation sites (N-methyl/N-ethyl adjacent to an activating group) is 1. The third-order valence-corrected chi connectivity index (χ3v) is 4.06. The molecule has 0 amide bonds. The molecule has 1 fully saturated rings. The van der Waals surface area contributed by atoms with Crippen molar-refractivity contribution in [3.8, 4) is 5.75 Å². The molecule has 2 aliphatic heterocycles. The number of likely N-dealkylation sites (tertiary alicyclic amines) is 1. The number of benzene rings is 1. The Balaban J connectivity index is 1.77. The minimum Gasteiger partial charge on any atom is -0.486 e. The molecule has 1 unspecified atom stereocenters. The Kier molecular flexibility index (Phi) is 3.04. The van der Waals surface area contributed by atoms with E-state index in [1.54, 1.807) is 0 Å². The van der Waals surface area contributed by atoms with Gasteiger partial charge in [-0.2, -0.15) is 0 Å². The number of hydrogen-bond donors (Lipinski definition) is 1. The molecule has 0 radical (unpaired) electrons. The zero-order valence-corrected chi connectivity index (χ0v) is 11.3. The maximum atomic E-state index is 6.23. The average Bonchev–Trinajstić information content (AvgIpc) is 2.69.